The lowest BCUT2D eigenvalue weighted by Gasteiger charge is -2.10. The summed E-state index contributed by atoms with van der Waals surface area (Å²) in [6.45, 7) is 2.56. The minimum Gasteiger partial charge on any atom is -0.461 e. The van der Waals surface area contributed by atoms with Crippen LogP contribution in [0.4, 0.5) is 0 Å². The molecule has 0 atom stereocenters. The quantitative estimate of drug-likeness (QED) is 0.678. The molecular formula is C19H18N2O3. The van der Waals surface area contributed by atoms with Crippen LogP contribution in [-0.2, 0) is 11.3 Å². The summed E-state index contributed by atoms with van der Waals surface area (Å²) in [6, 6.07) is 16.5. The second-order valence-corrected chi connectivity index (χ2v) is 5.48. The van der Waals surface area contributed by atoms with Gasteiger partial charge < -0.3 is 4.74 Å². The number of fused-ring (bicyclic) bond motifs is 1. The molecule has 3 rings (SSSR count). The molecule has 3 aromatic rings. The van der Waals surface area contributed by atoms with Crippen molar-refractivity contribution in [3.8, 4) is 0 Å². The topological polar surface area (TPSA) is 61.2 Å². The molecule has 0 saturated heterocycles. The van der Waals surface area contributed by atoms with Gasteiger partial charge in [-0.25, -0.2) is 9.48 Å². The van der Waals surface area contributed by atoms with Crippen LogP contribution in [0, 0.1) is 0 Å². The standard InChI is InChI=1S/C19H18N2O3/c1-2-12-24-19(23)17-15-10-6-7-11-16(15)18(22)21(20-17)13-14-8-4-3-5-9-14/h3-11H,2,12-13H2,1H3. The molecule has 0 amide bonds. The van der Waals surface area contributed by atoms with Crippen molar-refractivity contribution in [2.75, 3.05) is 6.61 Å². The van der Waals surface area contributed by atoms with Gasteiger partial charge in [0.1, 0.15) is 0 Å². The molecule has 2 aromatic carbocycles. The van der Waals surface area contributed by atoms with Crippen molar-refractivity contribution >= 4 is 16.7 Å². The summed E-state index contributed by atoms with van der Waals surface area (Å²) in [5.41, 5.74) is 0.895. The molecule has 0 fully saturated rings. The van der Waals surface area contributed by atoms with Crippen molar-refractivity contribution in [2.45, 2.75) is 19.9 Å². The zero-order valence-corrected chi connectivity index (χ0v) is 13.4. The molecule has 0 radical (unpaired) electrons. The molecule has 0 aliphatic carbocycles. The molecular weight excluding hydrogens is 304 g/mol. The van der Waals surface area contributed by atoms with Gasteiger partial charge in [0.05, 0.1) is 18.5 Å². The van der Waals surface area contributed by atoms with E-state index in [1.807, 2.05) is 37.3 Å². The van der Waals surface area contributed by atoms with Crippen molar-refractivity contribution in [3.63, 3.8) is 0 Å². The van der Waals surface area contributed by atoms with Crippen LogP contribution in [-0.4, -0.2) is 22.4 Å². The van der Waals surface area contributed by atoms with E-state index in [-0.39, 0.29) is 11.3 Å². The number of rotatable bonds is 5. The van der Waals surface area contributed by atoms with Crippen molar-refractivity contribution in [3.05, 3.63) is 76.2 Å². The lowest BCUT2D eigenvalue weighted by atomic mass is 10.1. The maximum Gasteiger partial charge on any atom is 0.359 e. The van der Waals surface area contributed by atoms with E-state index in [4.69, 9.17) is 4.74 Å². The molecule has 0 saturated carbocycles. The highest BCUT2D eigenvalue weighted by Crippen LogP contribution is 2.15. The lowest BCUT2D eigenvalue weighted by molar-refractivity contribution is 0.0498. The Hall–Kier alpha value is -2.95. The van der Waals surface area contributed by atoms with Gasteiger partial charge in [-0.1, -0.05) is 55.5 Å². The number of nitrogens with zero attached hydrogens (tertiary/aromatic N) is 2. The van der Waals surface area contributed by atoms with Gasteiger partial charge in [0, 0.05) is 5.39 Å². The zero-order valence-electron chi connectivity index (χ0n) is 13.4. The Morgan fingerprint density at radius 2 is 1.71 bits per heavy atom. The fraction of sp³-hybridized carbons (Fsp3) is 0.211. The third-order valence-corrected chi connectivity index (χ3v) is 3.67. The van der Waals surface area contributed by atoms with Gasteiger partial charge in [0.25, 0.3) is 5.56 Å². The molecule has 1 aromatic heterocycles. The van der Waals surface area contributed by atoms with Crippen molar-refractivity contribution in [1.29, 1.82) is 0 Å². The van der Waals surface area contributed by atoms with E-state index in [1.54, 1.807) is 24.3 Å². The first-order chi connectivity index (χ1) is 11.7. The predicted octanol–water partition coefficient (Wildman–Crippen LogP) is 3.01. The fourth-order valence-electron chi connectivity index (χ4n) is 2.51. The van der Waals surface area contributed by atoms with E-state index in [1.165, 1.54) is 4.68 Å². The Morgan fingerprint density at radius 1 is 1.04 bits per heavy atom. The number of carbonyl (C=O) groups is 1. The van der Waals surface area contributed by atoms with Crippen LogP contribution in [0.25, 0.3) is 10.8 Å². The second-order valence-electron chi connectivity index (χ2n) is 5.48. The maximum absolute atomic E-state index is 12.7. The molecule has 0 spiro atoms. The van der Waals surface area contributed by atoms with E-state index >= 15 is 0 Å². The van der Waals surface area contributed by atoms with Gasteiger partial charge in [0.2, 0.25) is 0 Å². The summed E-state index contributed by atoms with van der Waals surface area (Å²) >= 11 is 0. The third kappa shape index (κ3) is 3.20. The smallest absolute Gasteiger partial charge is 0.359 e. The molecule has 0 aliphatic heterocycles. The average molecular weight is 322 g/mol. The fourth-order valence-corrected chi connectivity index (χ4v) is 2.51. The van der Waals surface area contributed by atoms with Gasteiger partial charge in [-0.15, -0.1) is 0 Å². The summed E-state index contributed by atoms with van der Waals surface area (Å²) in [5, 5.41) is 5.26. The van der Waals surface area contributed by atoms with Crippen molar-refractivity contribution in [2.24, 2.45) is 0 Å². The molecule has 0 unspecified atom stereocenters. The third-order valence-electron chi connectivity index (χ3n) is 3.67. The first-order valence-electron chi connectivity index (χ1n) is 7.91. The number of hydrogen-bond acceptors (Lipinski definition) is 4. The number of esters is 1. The number of carbonyl (C=O) groups excluding carboxylic acids is 1. The van der Waals surface area contributed by atoms with Gasteiger partial charge in [-0.05, 0) is 18.1 Å². The van der Waals surface area contributed by atoms with Crippen LogP contribution >= 0.6 is 0 Å². The number of benzene rings is 2. The Labute approximate surface area is 139 Å². The Morgan fingerprint density at radius 3 is 2.42 bits per heavy atom. The van der Waals surface area contributed by atoms with Crippen LogP contribution in [0.1, 0.15) is 29.4 Å². The van der Waals surface area contributed by atoms with E-state index in [0.717, 1.165) is 12.0 Å². The van der Waals surface area contributed by atoms with Crippen molar-refractivity contribution < 1.29 is 9.53 Å². The molecule has 5 heteroatoms. The predicted molar refractivity (Wildman–Crippen MR) is 92.1 cm³/mol. The zero-order chi connectivity index (χ0) is 16.9. The molecule has 1 heterocycles. The minimum absolute atomic E-state index is 0.176. The highest BCUT2D eigenvalue weighted by Gasteiger charge is 2.17. The van der Waals surface area contributed by atoms with Gasteiger partial charge in [-0.3, -0.25) is 4.79 Å². The Bertz CT molecular complexity index is 917. The normalized spacial score (nSPS) is 10.7. The van der Waals surface area contributed by atoms with Gasteiger partial charge in [0.15, 0.2) is 5.69 Å². The Kier molecular flexibility index (Phi) is 4.70. The van der Waals surface area contributed by atoms with Crippen LogP contribution < -0.4 is 5.56 Å². The van der Waals surface area contributed by atoms with E-state index < -0.39 is 5.97 Å². The molecule has 0 bridgehead atoms. The first kappa shape index (κ1) is 15.9. The summed E-state index contributed by atoms with van der Waals surface area (Å²) in [4.78, 5) is 25.0. The number of ether oxygens (including phenoxy) is 1. The minimum atomic E-state index is -0.505. The van der Waals surface area contributed by atoms with E-state index in [2.05, 4.69) is 5.10 Å². The number of hydrogen-bond donors (Lipinski definition) is 0. The monoisotopic (exact) mass is 322 g/mol. The SMILES string of the molecule is CCCOC(=O)c1nn(Cc2ccccc2)c(=O)c2ccccc12. The number of aromatic nitrogens is 2. The molecule has 122 valence electrons. The first-order valence-corrected chi connectivity index (χ1v) is 7.91. The lowest BCUT2D eigenvalue weighted by Crippen LogP contribution is -2.27. The molecule has 24 heavy (non-hydrogen) atoms. The molecule has 0 aliphatic rings. The highest BCUT2D eigenvalue weighted by atomic mass is 16.5. The highest BCUT2D eigenvalue weighted by molar-refractivity contribution is 6.02. The largest absolute Gasteiger partial charge is 0.461 e. The van der Waals surface area contributed by atoms with Crippen LogP contribution in [0.15, 0.2) is 59.4 Å². The van der Waals surface area contributed by atoms with Crippen LogP contribution in [0.3, 0.4) is 0 Å². The Balaban J connectivity index is 2.11. The van der Waals surface area contributed by atoms with Gasteiger partial charge >= 0.3 is 5.97 Å². The molecule has 5 nitrogen and oxygen atoms in total. The summed E-state index contributed by atoms with van der Waals surface area (Å²) in [5.74, 6) is -0.505. The van der Waals surface area contributed by atoms with E-state index in [0.29, 0.717) is 23.9 Å². The van der Waals surface area contributed by atoms with Crippen LogP contribution in [0.5, 0.6) is 0 Å². The summed E-state index contributed by atoms with van der Waals surface area (Å²) in [6.07, 6.45) is 0.729. The molecule has 0 N–H and O–H groups in total. The maximum atomic E-state index is 12.7. The second kappa shape index (κ2) is 7.08. The summed E-state index contributed by atoms with van der Waals surface area (Å²) < 4.78 is 6.53. The van der Waals surface area contributed by atoms with Crippen LogP contribution in [0.2, 0.25) is 0 Å². The van der Waals surface area contributed by atoms with Crippen molar-refractivity contribution in [1.82, 2.24) is 9.78 Å². The average Bonchev–Trinajstić information content (AvgIpc) is 2.63. The van der Waals surface area contributed by atoms with Gasteiger partial charge in [-0.2, -0.15) is 5.10 Å². The van der Waals surface area contributed by atoms with E-state index in [9.17, 15) is 9.59 Å². The summed E-state index contributed by atoms with van der Waals surface area (Å²) in [7, 11) is 0.